The van der Waals surface area contributed by atoms with E-state index in [-0.39, 0.29) is 31.2 Å². The van der Waals surface area contributed by atoms with Crippen LogP contribution in [0.5, 0.6) is 17.2 Å². The largest absolute Gasteiger partial charge is 0.496 e. The summed E-state index contributed by atoms with van der Waals surface area (Å²) >= 11 is 0. The first-order chi connectivity index (χ1) is 24.2. The summed E-state index contributed by atoms with van der Waals surface area (Å²) in [5, 5.41) is 14.5. The highest BCUT2D eigenvalue weighted by Crippen LogP contribution is 2.34. The minimum Gasteiger partial charge on any atom is -0.496 e. The van der Waals surface area contributed by atoms with Crippen molar-refractivity contribution in [1.29, 1.82) is 0 Å². The van der Waals surface area contributed by atoms with Gasteiger partial charge >= 0.3 is 5.97 Å². The number of carbonyl (C=O) groups is 1. The summed E-state index contributed by atoms with van der Waals surface area (Å²) < 4.78 is 51.7. The molecule has 0 saturated carbocycles. The molecule has 5 aromatic rings. The number of sulfonamides is 1. The fourth-order valence-electron chi connectivity index (χ4n) is 5.57. The van der Waals surface area contributed by atoms with Gasteiger partial charge in [-0.05, 0) is 72.1 Å². The Morgan fingerprint density at radius 1 is 0.941 bits per heavy atom. The second kappa shape index (κ2) is 16.6. The summed E-state index contributed by atoms with van der Waals surface area (Å²) in [6.45, 7) is 2.97. The van der Waals surface area contributed by atoms with Crippen LogP contribution in [0, 0.1) is 0 Å². The van der Waals surface area contributed by atoms with E-state index >= 15 is 0 Å². The predicted molar refractivity (Wildman–Crippen MR) is 197 cm³/mol. The topological polar surface area (TPSA) is 132 Å². The summed E-state index contributed by atoms with van der Waals surface area (Å²) in [5.41, 5.74) is 4.41. The molecule has 4 bridgehead atoms. The Hall–Kier alpha value is -5.36. The number of aliphatic hydroxyl groups is 1. The van der Waals surface area contributed by atoms with E-state index in [0.29, 0.717) is 41.5 Å². The van der Waals surface area contributed by atoms with Gasteiger partial charge in [0.15, 0.2) is 0 Å². The van der Waals surface area contributed by atoms with Crippen molar-refractivity contribution >= 4 is 21.7 Å². The summed E-state index contributed by atoms with van der Waals surface area (Å²) in [4.78, 5) is 12.8. The molecule has 0 unspecified atom stereocenters. The molecule has 10 nitrogen and oxygen atoms in total. The molecule has 0 aromatic heterocycles. The number of benzene rings is 5. The molecule has 1 aliphatic rings. The van der Waals surface area contributed by atoms with Crippen LogP contribution >= 0.6 is 0 Å². The molecule has 0 aliphatic carbocycles. The minimum absolute atomic E-state index is 0. The SMILES string of the molecule is C.COc1cc(C(=O)OCc2ccccc2)ccc1-c1ccc(OCCN[C@@H](C)[C@H](O)c2ccc3cc2NS(=O)(=O)c2cccc(c2)CO3)cc1. The molecular weight excluding hydrogens is 669 g/mol. The number of nitrogens with one attached hydrogen (secondary N) is 2. The first kappa shape index (κ1) is 36.9. The van der Waals surface area contributed by atoms with Crippen molar-refractivity contribution in [3.63, 3.8) is 0 Å². The first-order valence-corrected chi connectivity index (χ1v) is 17.6. The number of hydrogen-bond acceptors (Lipinski definition) is 9. The van der Waals surface area contributed by atoms with Crippen molar-refractivity contribution in [3.8, 4) is 28.4 Å². The van der Waals surface area contributed by atoms with Gasteiger partial charge < -0.3 is 29.4 Å². The van der Waals surface area contributed by atoms with E-state index in [0.717, 1.165) is 22.3 Å². The van der Waals surface area contributed by atoms with Gasteiger partial charge in [0.25, 0.3) is 10.0 Å². The second-order valence-electron chi connectivity index (χ2n) is 11.8. The van der Waals surface area contributed by atoms with E-state index < -0.39 is 28.1 Å². The average molecular weight is 711 g/mol. The molecule has 0 saturated heterocycles. The number of esters is 1. The van der Waals surface area contributed by atoms with Crippen molar-refractivity contribution < 1.29 is 37.3 Å². The third-order valence-corrected chi connectivity index (χ3v) is 9.69. The zero-order chi connectivity index (χ0) is 35.1. The molecular formula is C40H42N2O8S. The van der Waals surface area contributed by atoms with Gasteiger partial charge in [0.1, 0.15) is 37.1 Å². The lowest BCUT2D eigenvalue weighted by Gasteiger charge is -2.24. The molecule has 5 aromatic carbocycles. The predicted octanol–water partition coefficient (Wildman–Crippen LogP) is 7.14. The normalized spacial score (nSPS) is 14.0. The molecule has 266 valence electrons. The maximum absolute atomic E-state index is 13.1. The number of carbonyl (C=O) groups excluding carboxylic acids is 1. The van der Waals surface area contributed by atoms with Crippen LogP contribution in [-0.2, 0) is 28.0 Å². The molecule has 1 heterocycles. The summed E-state index contributed by atoms with van der Waals surface area (Å²) in [7, 11) is -2.32. The van der Waals surface area contributed by atoms with Crippen molar-refractivity contribution in [2.75, 3.05) is 25.0 Å². The Balaban J connectivity index is 0.00000504. The van der Waals surface area contributed by atoms with E-state index in [4.69, 9.17) is 18.9 Å². The van der Waals surface area contributed by atoms with Crippen LogP contribution < -0.4 is 24.2 Å². The Morgan fingerprint density at radius 2 is 1.73 bits per heavy atom. The van der Waals surface area contributed by atoms with Crippen LogP contribution in [-0.4, -0.2) is 45.8 Å². The molecule has 11 heteroatoms. The van der Waals surface area contributed by atoms with Gasteiger partial charge in [-0.3, -0.25) is 4.72 Å². The lowest BCUT2D eigenvalue weighted by Crippen LogP contribution is -2.35. The van der Waals surface area contributed by atoms with Gasteiger partial charge in [0.2, 0.25) is 0 Å². The van der Waals surface area contributed by atoms with Crippen LogP contribution in [0.3, 0.4) is 0 Å². The molecule has 0 fully saturated rings. The Bertz CT molecular complexity index is 2050. The zero-order valence-corrected chi connectivity index (χ0v) is 28.5. The van der Waals surface area contributed by atoms with E-state index in [1.54, 1.807) is 55.6 Å². The summed E-state index contributed by atoms with van der Waals surface area (Å²) in [6, 6.07) is 33.3. The Morgan fingerprint density at radius 3 is 2.49 bits per heavy atom. The highest BCUT2D eigenvalue weighted by molar-refractivity contribution is 7.92. The number of methoxy groups -OCH3 is 1. The van der Waals surface area contributed by atoms with Gasteiger partial charge in [-0.1, -0.05) is 68.1 Å². The summed E-state index contributed by atoms with van der Waals surface area (Å²) in [6.07, 6.45) is -1.03. The fraction of sp³-hybridized carbons (Fsp3) is 0.225. The van der Waals surface area contributed by atoms with Crippen molar-refractivity contribution in [2.24, 2.45) is 0 Å². The smallest absolute Gasteiger partial charge is 0.338 e. The van der Waals surface area contributed by atoms with Crippen molar-refractivity contribution in [2.45, 2.75) is 44.6 Å². The monoisotopic (exact) mass is 710 g/mol. The number of anilines is 1. The molecule has 1 aliphatic heterocycles. The number of hydrogen-bond donors (Lipinski definition) is 3. The van der Waals surface area contributed by atoms with Gasteiger partial charge in [-0.25, -0.2) is 13.2 Å². The van der Waals surface area contributed by atoms with Crippen LogP contribution in [0.4, 0.5) is 5.69 Å². The van der Waals surface area contributed by atoms with E-state index in [9.17, 15) is 18.3 Å². The number of ether oxygens (including phenoxy) is 4. The summed E-state index contributed by atoms with van der Waals surface area (Å²) in [5.74, 6) is 1.25. The van der Waals surface area contributed by atoms with E-state index in [1.807, 2.05) is 67.6 Å². The molecule has 51 heavy (non-hydrogen) atoms. The highest BCUT2D eigenvalue weighted by Gasteiger charge is 2.24. The van der Waals surface area contributed by atoms with Crippen molar-refractivity contribution in [1.82, 2.24) is 5.32 Å². The highest BCUT2D eigenvalue weighted by atomic mass is 32.2. The van der Waals surface area contributed by atoms with Gasteiger partial charge in [-0.2, -0.15) is 0 Å². The minimum atomic E-state index is -3.88. The maximum atomic E-state index is 13.1. The van der Waals surface area contributed by atoms with Gasteiger partial charge in [-0.15, -0.1) is 0 Å². The van der Waals surface area contributed by atoms with Crippen LogP contribution in [0.15, 0.2) is 120 Å². The molecule has 3 N–H and O–H groups in total. The maximum Gasteiger partial charge on any atom is 0.338 e. The first-order valence-electron chi connectivity index (χ1n) is 16.1. The van der Waals surface area contributed by atoms with Crippen LogP contribution in [0.2, 0.25) is 0 Å². The molecule has 0 radical (unpaired) electrons. The number of rotatable bonds is 12. The third kappa shape index (κ3) is 9.06. The second-order valence-corrected chi connectivity index (χ2v) is 13.5. The standard InChI is InChI=1S/C39H38N2O8S.CH4/c1-26(38(42)35-18-16-32-23-36(35)41-50(44,45)33-10-6-9-28(21-33)25-48-32)40-19-20-47-31-14-11-29(12-15-31)34-17-13-30(22-37(34)46-2)39(43)49-24-27-7-4-3-5-8-27;/h3-18,21-23,26,38,40-42H,19-20,24-25H2,1-2H3;1H4/t26-,38-;/m0./s1. The third-order valence-electron chi connectivity index (χ3n) is 8.33. The Kier molecular flexibility index (Phi) is 12.0. The molecule has 0 spiro atoms. The number of fused-ring (bicyclic) bond motifs is 4. The average Bonchev–Trinajstić information content (AvgIpc) is 3.14. The Labute approximate surface area is 299 Å². The van der Waals surface area contributed by atoms with Crippen LogP contribution in [0.25, 0.3) is 11.1 Å². The van der Waals surface area contributed by atoms with Crippen LogP contribution in [0.1, 0.15) is 47.5 Å². The van der Waals surface area contributed by atoms with Gasteiger partial charge in [0.05, 0.1) is 29.4 Å². The van der Waals surface area contributed by atoms with Crippen molar-refractivity contribution in [3.05, 3.63) is 138 Å². The van der Waals surface area contributed by atoms with E-state index in [2.05, 4.69) is 10.0 Å². The molecule has 6 rings (SSSR count). The van der Waals surface area contributed by atoms with E-state index in [1.165, 1.54) is 6.07 Å². The fourth-order valence-corrected chi connectivity index (χ4v) is 6.72. The molecule has 0 amide bonds. The quantitative estimate of drug-likeness (QED) is 0.0913. The van der Waals surface area contributed by atoms with Gasteiger partial charge in [0, 0.05) is 29.8 Å². The molecule has 2 atom stereocenters. The number of aliphatic hydroxyl groups excluding tert-OH is 1. The lowest BCUT2D eigenvalue weighted by atomic mass is 10.0. The zero-order valence-electron chi connectivity index (χ0n) is 27.7. The lowest BCUT2D eigenvalue weighted by molar-refractivity contribution is 0.0472.